The summed E-state index contributed by atoms with van der Waals surface area (Å²) in [5.41, 5.74) is 2.57. The average Bonchev–Trinajstić information content (AvgIpc) is 2.69. The molecule has 2 aromatic rings. The Labute approximate surface area is 110 Å². The molecule has 0 aliphatic rings. The minimum Gasteiger partial charge on any atom is -0.481 e. The maximum atomic E-state index is 11.6. The van der Waals surface area contributed by atoms with Crippen molar-refractivity contribution in [1.29, 1.82) is 0 Å². The second-order valence-corrected chi connectivity index (χ2v) is 4.37. The number of hydrogen-bond donors (Lipinski definition) is 2. The molecular formula is C13H15N3O3. The number of pyridine rings is 1. The molecule has 6 nitrogen and oxygen atoms in total. The number of rotatable bonds is 5. The maximum Gasteiger partial charge on any atom is 0.305 e. The Bertz CT molecular complexity index is 619. The van der Waals surface area contributed by atoms with Gasteiger partial charge < -0.3 is 14.8 Å². The molecule has 0 radical (unpaired) electrons. The van der Waals surface area contributed by atoms with E-state index in [1.807, 2.05) is 29.7 Å². The van der Waals surface area contributed by atoms with E-state index >= 15 is 0 Å². The van der Waals surface area contributed by atoms with E-state index in [0.717, 1.165) is 11.2 Å². The highest BCUT2D eigenvalue weighted by molar-refractivity contribution is 5.78. The van der Waals surface area contributed by atoms with Crippen molar-refractivity contribution in [2.24, 2.45) is 0 Å². The first kappa shape index (κ1) is 13.1. The Kier molecular flexibility index (Phi) is 3.79. The SMILES string of the molecule is Cc1ccn2cc(CC(=O)NCCC(=O)O)nc2c1. The zero-order chi connectivity index (χ0) is 13.8. The average molecular weight is 261 g/mol. The third-order valence-electron chi connectivity index (χ3n) is 2.67. The largest absolute Gasteiger partial charge is 0.481 e. The molecule has 2 heterocycles. The molecule has 2 aromatic heterocycles. The van der Waals surface area contributed by atoms with Gasteiger partial charge in [0.1, 0.15) is 5.65 Å². The fourth-order valence-corrected chi connectivity index (χ4v) is 1.76. The molecule has 0 spiro atoms. The molecule has 0 aliphatic heterocycles. The highest BCUT2D eigenvalue weighted by atomic mass is 16.4. The topological polar surface area (TPSA) is 83.7 Å². The monoisotopic (exact) mass is 261 g/mol. The highest BCUT2D eigenvalue weighted by Crippen LogP contribution is 2.08. The molecule has 0 saturated carbocycles. The Balaban J connectivity index is 1.97. The standard InChI is InChI=1S/C13H15N3O3/c1-9-3-5-16-8-10(15-11(16)6-9)7-12(17)14-4-2-13(18)19/h3,5-6,8H,2,4,7H2,1H3,(H,14,17)(H,18,19). The van der Waals surface area contributed by atoms with Crippen LogP contribution in [0.4, 0.5) is 0 Å². The number of imidazole rings is 1. The molecular weight excluding hydrogens is 246 g/mol. The van der Waals surface area contributed by atoms with Crippen LogP contribution in [0.25, 0.3) is 5.65 Å². The van der Waals surface area contributed by atoms with E-state index in [1.54, 1.807) is 6.20 Å². The smallest absolute Gasteiger partial charge is 0.305 e. The lowest BCUT2D eigenvalue weighted by Gasteiger charge is -2.00. The molecule has 0 atom stereocenters. The number of nitrogens with one attached hydrogen (secondary N) is 1. The van der Waals surface area contributed by atoms with Crippen molar-refractivity contribution in [3.63, 3.8) is 0 Å². The molecule has 1 amide bonds. The molecule has 0 unspecified atom stereocenters. The first-order valence-corrected chi connectivity index (χ1v) is 5.97. The fraction of sp³-hybridized carbons (Fsp3) is 0.308. The van der Waals surface area contributed by atoms with Gasteiger partial charge in [0.25, 0.3) is 0 Å². The summed E-state index contributed by atoms with van der Waals surface area (Å²) in [4.78, 5) is 26.2. The van der Waals surface area contributed by atoms with Crippen LogP contribution in [0, 0.1) is 6.92 Å². The number of hydrogen-bond acceptors (Lipinski definition) is 3. The minimum absolute atomic E-state index is 0.0733. The molecule has 100 valence electrons. The van der Waals surface area contributed by atoms with Crippen LogP contribution in [0.15, 0.2) is 24.5 Å². The van der Waals surface area contributed by atoms with Crippen molar-refractivity contribution in [2.45, 2.75) is 19.8 Å². The van der Waals surface area contributed by atoms with Crippen LogP contribution < -0.4 is 5.32 Å². The van der Waals surface area contributed by atoms with Crippen LogP contribution in [-0.2, 0) is 16.0 Å². The number of aliphatic carboxylic acids is 1. The normalized spacial score (nSPS) is 10.6. The number of carbonyl (C=O) groups excluding carboxylic acids is 1. The molecule has 0 saturated heterocycles. The molecule has 0 fully saturated rings. The number of carbonyl (C=O) groups is 2. The summed E-state index contributed by atoms with van der Waals surface area (Å²) in [6, 6.07) is 3.90. The van der Waals surface area contributed by atoms with E-state index in [-0.39, 0.29) is 25.3 Å². The second kappa shape index (κ2) is 5.51. The number of amides is 1. The number of aromatic nitrogens is 2. The summed E-state index contributed by atoms with van der Waals surface area (Å²) in [5, 5.41) is 11.0. The van der Waals surface area contributed by atoms with Gasteiger partial charge in [-0.05, 0) is 24.6 Å². The molecule has 19 heavy (non-hydrogen) atoms. The molecule has 0 bridgehead atoms. The van der Waals surface area contributed by atoms with Crippen molar-refractivity contribution in [2.75, 3.05) is 6.54 Å². The van der Waals surface area contributed by atoms with Gasteiger partial charge in [-0.15, -0.1) is 0 Å². The van der Waals surface area contributed by atoms with Crippen LogP contribution in [-0.4, -0.2) is 32.9 Å². The van der Waals surface area contributed by atoms with Crippen LogP contribution in [0.1, 0.15) is 17.7 Å². The predicted molar refractivity (Wildman–Crippen MR) is 68.9 cm³/mol. The highest BCUT2D eigenvalue weighted by Gasteiger charge is 2.08. The van der Waals surface area contributed by atoms with Crippen LogP contribution in [0.2, 0.25) is 0 Å². The lowest BCUT2D eigenvalue weighted by molar-refractivity contribution is -0.136. The Morgan fingerprint density at radius 1 is 1.47 bits per heavy atom. The first-order chi connectivity index (χ1) is 9.04. The van der Waals surface area contributed by atoms with Crippen molar-refractivity contribution in [3.05, 3.63) is 35.8 Å². The van der Waals surface area contributed by atoms with Crippen LogP contribution in [0.5, 0.6) is 0 Å². The quantitative estimate of drug-likeness (QED) is 0.833. The van der Waals surface area contributed by atoms with Gasteiger partial charge in [-0.1, -0.05) is 0 Å². The van der Waals surface area contributed by atoms with Gasteiger partial charge in [0, 0.05) is 18.9 Å². The summed E-state index contributed by atoms with van der Waals surface area (Å²) in [6.07, 6.45) is 3.77. The summed E-state index contributed by atoms with van der Waals surface area (Å²) >= 11 is 0. The van der Waals surface area contributed by atoms with Crippen LogP contribution >= 0.6 is 0 Å². The van der Waals surface area contributed by atoms with Gasteiger partial charge in [0.2, 0.25) is 5.91 Å². The van der Waals surface area contributed by atoms with E-state index in [0.29, 0.717) is 5.69 Å². The summed E-state index contributed by atoms with van der Waals surface area (Å²) < 4.78 is 1.85. The van der Waals surface area contributed by atoms with Gasteiger partial charge in [-0.25, -0.2) is 4.98 Å². The molecule has 0 aliphatic carbocycles. The van der Waals surface area contributed by atoms with E-state index in [2.05, 4.69) is 10.3 Å². The van der Waals surface area contributed by atoms with E-state index in [4.69, 9.17) is 5.11 Å². The van der Waals surface area contributed by atoms with Crippen molar-refractivity contribution in [3.8, 4) is 0 Å². The fourth-order valence-electron chi connectivity index (χ4n) is 1.76. The maximum absolute atomic E-state index is 11.6. The van der Waals surface area contributed by atoms with E-state index < -0.39 is 5.97 Å². The first-order valence-electron chi connectivity index (χ1n) is 5.97. The number of nitrogens with zero attached hydrogens (tertiary/aromatic N) is 2. The third kappa shape index (κ3) is 3.54. The Morgan fingerprint density at radius 2 is 2.26 bits per heavy atom. The summed E-state index contributed by atoms with van der Waals surface area (Å²) in [7, 11) is 0. The van der Waals surface area contributed by atoms with Gasteiger partial charge >= 0.3 is 5.97 Å². The Hall–Kier alpha value is -2.37. The Morgan fingerprint density at radius 3 is 3.00 bits per heavy atom. The third-order valence-corrected chi connectivity index (χ3v) is 2.67. The van der Waals surface area contributed by atoms with Crippen LogP contribution in [0.3, 0.4) is 0 Å². The summed E-state index contributed by atoms with van der Waals surface area (Å²) in [6.45, 7) is 2.12. The molecule has 2 rings (SSSR count). The number of carboxylic acids is 1. The van der Waals surface area contributed by atoms with Gasteiger partial charge in [0.05, 0.1) is 18.5 Å². The van der Waals surface area contributed by atoms with Gasteiger partial charge in [0.15, 0.2) is 0 Å². The molecule has 2 N–H and O–H groups in total. The van der Waals surface area contributed by atoms with E-state index in [1.165, 1.54) is 0 Å². The number of fused-ring (bicyclic) bond motifs is 1. The minimum atomic E-state index is -0.927. The molecule has 6 heteroatoms. The zero-order valence-corrected chi connectivity index (χ0v) is 10.6. The van der Waals surface area contributed by atoms with Crippen molar-refractivity contribution >= 4 is 17.5 Å². The molecule has 0 aromatic carbocycles. The van der Waals surface area contributed by atoms with Gasteiger partial charge in [-0.2, -0.15) is 0 Å². The lowest BCUT2D eigenvalue weighted by atomic mass is 10.3. The zero-order valence-electron chi connectivity index (χ0n) is 10.6. The summed E-state index contributed by atoms with van der Waals surface area (Å²) in [5.74, 6) is -1.15. The van der Waals surface area contributed by atoms with Crippen molar-refractivity contribution in [1.82, 2.24) is 14.7 Å². The van der Waals surface area contributed by atoms with E-state index in [9.17, 15) is 9.59 Å². The predicted octanol–water partition coefficient (Wildman–Crippen LogP) is 0.776. The van der Waals surface area contributed by atoms with Gasteiger partial charge in [-0.3, -0.25) is 9.59 Å². The second-order valence-electron chi connectivity index (χ2n) is 4.37. The number of carboxylic acid groups (broad SMARTS) is 1. The number of aryl methyl sites for hydroxylation is 1. The lowest BCUT2D eigenvalue weighted by Crippen LogP contribution is -2.27. The van der Waals surface area contributed by atoms with Crippen molar-refractivity contribution < 1.29 is 14.7 Å².